The van der Waals surface area contributed by atoms with Crippen molar-refractivity contribution in [2.45, 2.75) is 52.7 Å². The van der Waals surface area contributed by atoms with Crippen molar-refractivity contribution in [2.75, 3.05) is 26.2 Å². The minimum Gasteiger partial charge on any atom is -0.391 e. The minimum atomic E-state index is -0.402. The van der Waals surface area contributed by atoms with E-state index in [9.17, 15) is 9.90 Å². The van der Waals surface area contributed by atoms with E-state index in [0.717, 1.165) is 19.4 Å². The molecule has 0 radical (unpaired) electrons. The molecule has 0 saturated carbocycles. The van der Waals surface area contributed by atoms with Gasteiger partial charge in [0, 0.05) is 26.2 Å². The highest BCUT2D eigenvalue weighted by atomic mass is 16.5. The Hall–Kier alpha value is -0.810. The zero-order chi connectivity index (χ0) is 15.1. The molecule has 1 heterocycles. The number of nitrogens with one attached hydrogen (secondary N) is 1. The maximum Gasteiger partial charge on any atom is 0.317 e. The fourth-order valence-corrected chi connectivity index (χ4v) is 2.49. The van der Waals surface area contributed by atoms with Gasteiger partial charge in [0.2, 0.25) is 0 Å². The van der Waals surface area contributed by atoms with E-state index in [1.165, 1.54) is 0 Å². The number of likely N-dealkylation sites (tertiary alicyclic amines) is 1. The van der Waals surface area contributed by atoms with Crippen LogP contribution in [-0.4, -0.2) is 54.5 Å². The van der Waals surface area contributed by atoms with Crippen LogP contribution in [0, 0.1) is 11.8 Å². The van der Waals surface area contributed by atoms with Gasteiger partial charge in [0.25, 0.3) is 0 Å². The van der Waals surface area contributed by atoms with Gasteiger partial charge in [0.1, 0.15) is 0 Å². The number of β-amino-alcohol motifs (C(OH)–C–C–N with tert-alkyl or cyclic N) is 1. The topological polar surface area (TPSA) is 61.8 Å². The smallest absolute Gasteiger partial charge is 0.317 e. The quantitative estimate of drug-likeness (QED) is 0.783. The Morgan fingerprint density at radius 1 is 1.50 bits per heavy atom. The predicted octanol–water partition coefficient (Wildman–Crippen LogP) is 1.85. The Morgan fingerprint density at radius 3 is 2.75 bits per heavy atom. The molecule has 5 nitrogen and oxygen atoms in total. The third kappa shape index (κ3) is 5.29. The number of hydrogen-bond acceptors (Lipinski definition) is 3. The normalized spacial score (nSPS) is 24.8. The van der Waals surface area contributed by atoms with E-state index in [-0.39, 0.29) is 18.1 Å². The number of aliphatic hydroxyl groups is 1. The maximum atomic E-state index is 12.0. The van der Waals surface area contributed by atoms with Crippen LogP contribution < -0.4 is 5.32 Å². The lowest BCUT2D eigenvalue weighted by Crippen LogP contribution is -2.50. The summed E-state index contributed by atoms with van der Waals surface area (Å²) >= 11 is 0. The average Bonchev–Trinajstić information content (AvgIpc) is 2.40. The summed E-state index contributed by atoms with van der Waals surface area (Å²) in [7, 11) is 0. The molecule has 1 saturated heterocycles. The molecule has 5 heteroatoms. The van der Waals surface area contributed by atoms with Gasteiger partial charge in [0.05, 0.1) is 12.2 Å². The molecular formula is C15H30N2O3. The molecule has 1 fully saturated rings. The van der Waals surface area contributed by atoms with Crippen LogP contribution in [0.4, 0.5) is 4.79 Å². The Kier molecular flexibility index (Phi) is 7.30. The van der Waals surface area contributed by atoms with Gasteiger partial charge in [-0.3, -0.25) is 0 Å². The van der Waals surface area contributed by atoms with E-state index in [0.29, 0.717) is 25.6 Å². The number of ether oxygens (including phenoxy) is 1. The molecular weight excluding hydrogens is 256 g/mol. The number of nitrogens with zero attached hydrogens (tertiary/aromatic N) is 1. The molecule has 1 rings (SSSR count). The molecule has 118 valence electrons. The number of hydrogen-bond donors (Lipinski definition) is 2. The number of rotatable bonds is 6. The zero-order valence-electron chi connectivity index (χ0n) is 13.3. The highest BCUT2D eigenvalue weighted by molar-refractivity contribution is 5.74. The summed E-state index contributed by atoms with van der Waals surface area (Å²) in [5.74, 6) is 0.729. The third-order valence-electron chi connectivity index (χ3n) is 4.04. The second kappa shape index (κ2) is 8.47. The van der Waals surface area contributed by atoms with Gasteiger partial charge in [0.15, 0.2) is 0 Å². The molecule has 1 aliphatic heterocycles. The average molecular weight is 286 g/mol. The summed E-state index contributed by atoms with van der Waals surface area (Å²) < 4.78 is 5.66. The lowest BCUT2D eigenvalue weighted by molar-refractivity contribution is 0.0242. The Morgan fingerprint density at radius 2 is 2.20 bits per heavy atom. The summed E-state index contributed by atoms with van der Waals surface area (Å²) in [4.78, 5) is 13.7. The number of piperidine rings is 1. The van der Waals surface area contributed by atoms with Crippen LogP contribution in [0.1, 0.15) is 40.5 Å². The van der Waals surface area contributed by atoms with Crippen molar-refractivity contribution in [2.24, 2.45) is 11.8 Å². The van der Waals surface area contributed by atoms with Gasteiger partial charge in [-0.15, -0.1) is 0 Å². The number of aliphatic hydroxyl groups excluding tert-OH is 1. The van der Waals surface area contributed by atoms with Crippen molar-refractivity contribution < 1.29 is 14.6 Å². The van der Waals surface area contributed by atoms with Crippen molar-refractivity contribution in [3.8, 4) is 0 Å². The van der Waals surface area contributed by atoms with E-state index in [1.807, 2.05) is 13.8 Å². The zero-order valence-corrected chi connectivity index (χ0v) is 13.3. The van der Waals surface area contributed by atoms with Crippen molar-refractivity contribution in [3.05, 3.63) is 0 Å². The van der Waals surface area contributed by atoms with Gasteiger partial charge in [-0.1, -0.05) is 20.8 Å². The molecule has 0 spiro atoms. The molecule has 1 aliphatic rings. The highest BCUT2D eigenvalue weighted by Crippen LogP contribution is 2.17. The van der Waals surface area contributed by atoms with Gasteiger partial charge < -0.3 is 20.1 Å². The van der Waals surface area contributed by atoms with Gasteiger partial charge in [-0.25, -0.2) is 4.79 Å². The van der Waals surface area contributed by atoms with Crippen LogP contribution in [-0.2, 0) is 4.74 Å². The summed E-state index contributed by atoms with van der Waals surface area (Å²) in [5.41, 5.74) is 0. The highest BCUT2D eigenvalue weighted by Gasteiger charge is 2.27. The molecule has 2 N–H and O–H groups in total. The SMILES string of the molecule is CCOC(CCNC(=O)N1CCC(C)C(O)C1)C(C)C. The molecule has 3 atom stereocenters. The Labute approximate surface area is 122 Å². The second-order valence-corrected chi connectivity index (χ2v) is 6.04. The Bertz CT molecular complexity index is 297. The van der Waals surface area contributed by atoms with Crippen molar-refractivity contribution in [1.29, 1.82) is 0 Å². The molecule has 2 amide bonds. The first-order valence-corrected chi connectivity index (χ1v) is 7.78. The van der Waals surface area contributed by atoms with Crippen molar-refractivity contribution in [3.63, 3.8) is 0 Å². The second-order valence-electron chi connectivity index (χ2n) is 6.04. The maximum absolute atomic E-state index is 12.0. The molecule has 0 aromatic heterocycles. The Balaban J connectivity index is 2.29. The van der Waals surface area contributed by atoms with Gasteiger partial charge in [-0.05, 0) is 31.6 Å². The molecule has 0 bridgehead atoms. The number of amides is 2. The molecule has 0 aliphatic carbocycles. The van der Waals surface area contributed by atoms with Crippen LogP contribution in [0.25, 0.3) is 0 Å². The van der Waals surface area contributed by atoms with Crippen molar-refractivity contribution in [1.82, 2.24) is 10.2 Å². The summed E-state index contributed by atoms with van der Waals surface area (Å²) in [6.07, 6.45) is 1.47. The standard InChI is InChI=1S/C15H30N2O3/c1-5-20-14(11(2)3)6-8-16-15(19)17-9-7-12(4)13(18)10-17/h11-14,18H,5-10H2,1-4H3,(H,16,19). The van der Waals surface area contributed by atoms with Crippen LogP contribution in [0.3, 0.4) is 0 Å². The van der Waals surface area contributed by atoms with Crippen molar-refractivity contribution >= 4 is 6.03 Å². The van der Waals surface area contributed by atoms with Crippen LogP contribution >= 0.6 is 0 Å². The fourth-order valence-electron chi connectivity index (χ4n) is 2.49. The van der Waals surface area contributed by atoms with E-state index < -0.39 is 6.10 Å². The third-order valence-corrected chi connectivity index (χ3v) is 4.04. The van der Waals surface area contributed by atoms with E-state index in [2.05, 4.69) is 19.2 Å². The summed E-state index contributed by atoms with van der Waals surface area (Å²) in [5, 5.41) is 12.7. The predicted molar refractivity (Wildman–Crippen MR) is 79.6 cm³/mol. The van der Waals surface area contributed by atoms with Crippen LogP contribution in [0.5, 0.6) is 0 Å². The summed E-state index contributed by atoms with van der Waals surface area (Å²) in [6, 6.07) is -0.0741. The number of carbonyl (C=O) groups excluding carboxylic acids is 1. The van der Waals surface area contributed by atoms with Crippen LogP contribution in [0.2, 0.25) is 0 Å². The first-order chi connectivity index (χ1) is 9.45. The van der Waals surface area contributed by atoms with E-state index >= 15 is 0 Å². The first-order valence-electron chi connectivity index (χ1n) is 7.78. The molecule has 0 aromatic rings. The van der Waals surface area contributed by atoms with E-state index in [1.54, 1.807) is 4.90 Å². The molecule has 3 unspecified atom stereocenters. The van der Waals surface area contributed by atoms with Gasteiger partial charge in [-0.2, -0.15) is 0 Å². The fraction of sp³-hybridized carbons (Fsp3) is 0.933. The summed E-state index contributed by atoms with van der Waals surface area (Å²) in [6.45, 7) is 10.8. The lowest BCUT2D eigenvalue weighted by atomic mass is 9.96. The van der Waals surface area contributed by atoms with E-state index in [4.69, 9.17) is 4.74 Å². The first kappa shape index (κ1) is 17.2. The molecule has 20 heavy (non-hydrogen) atoms. The minimum absolute atomic E-state index is 0.0741. The number of carbonyl (C=O) groups is 1. The lowest BCUT2D eigenvalue weighted by Gasteiger charge is -2.34. The monoisotopic (exact) mass is 286 g/mol. The number of urea groups is 1. The molecule has 0 aromatic carbocycles. The van der Waals surface area contributed by atoms with Gasteiger partial charge >= 0.3 is 6.03 Å². The largest absolute Gasteiger partial charge is 0.391 e. The van der Waals surface area contributed by atoms with Crippen LogP contribution in [0.15, 0.2) is 0 Å².